The fraction of sp³-hybridized carbons (Fsp3) is 0.765. The predicted molar refractivity (Wildman–Crippen MR) is 85.1 cm³/mol. The first-order valence-electron chi connectivity index (χ1n) is 8.37. The molecule has 1 N–H and O–H groups in total. The van der Waals surface area contributed by atoms with Crippen LogP contribution in [-0.2, 0) is 13.1 Å². The number of rotatable bonds is 7. The van der Waals surface area contributed by atoms with Gasteiger partial charge in [0.2, 0.25) is 0 Å². The van der Waals surface area contributed by atoms with Gasteiger partial charge in [0.25, 0.3) is 0 Å². The first kappa shape index (κ1) is 15.1. The van der Waals surface area contributed by atoms with Crippen molar-refractivity contribution in [2.24, 2.45) is 5.92 Å². The predicted octanol–water partition coefficient (Wildman–Crippen LogP) is 2.31. The number of furan rings is 1. The smallest absolute Gasteiger partial charge is 0.118 e. The standard InChI is InChI=1S/C17H29N3O/c1-19(2)12-14-7-9-20(10-8-14)13-17-6-5-16(21-17)11-18-15-3-4-15/h5-6,14-15,18H,3-4,7-13H2,1-2H3. The van der Waals surface area contributed by atoms with Crippen LogP contribution in [0.15, 0.2) is 16.5 Å². The fourth-order valence-electron chi connectivity index (χ4n) is 3.20. The third kappa shape index (κ3) is 4.83. The molecule has 21 heavy (non-hydrogen) atoms. The second-order valence-electron chi connectivity index (χ2n) is 7.00. The van der Waals surface area contributed by atoms with E-state index in [-0.39, 0.29) is 0 Å². The van der Waals surface area contributed by atoms with Gasteiger partial charge >= 0.3 is 0 Å². The Morgan fingerprint density at radius 2 is 1.86 bits per heavy atom. The topological polar surface area (TPSA) is 31.6 Å². The molecule has 1 saturated carbocycles. The van der Waals surface area contributed by atoms with Crippen molar-refractivity contribution in [2.75, 3.05) is 33.7 Å². The summed E-state index contributed by atoms with van der Waals surface area (Å²) in [5.41, 5.74) is 0. The molecule has 0 radical (unpaired) electrons. The van der Waals surface area contributed by atoms with Crippen LogP contribution in [0.25, 0.3) is 0 Å². The lowest BCUT2D eigenvalue weighted by molar-refractivity contribution is 0.148. The second-order valence-corrected chi connectivity index (χ2v) is 7.00. The molecule has 1 aliphatic carbocycles. The van der Waals surface area contributed by atoms with E-state index in [1.807, 2.05) is 0 Å². The van der Waals surface area contributed by atoms with E-state index in [1.54, 1.807) is 0 Å². The van der Waals surface area contributed by atoms with Gasteiger partial charge in [-0.05, 0) is 70.9 Å². The lowest BCUT2D eigenvalue weighted by atomic mass is 9.96. The molecular formula is C17H29N3O. The van der Waals surface area contributed by atoms with Crippen molar-refractivity contribution in [3.05, 3.63) is 23.7 Å². The van der Waals surface area contributed by atoms with Gasteiger partial charge in [-0.1, -0.05) is 0 Å². The van der Waals surface area contributed by atoms with Crippen LogP contribution in [0.4, 0.5) is 0 Å². The Balaban J connectivity index is 1.40. The number of hydrogen-bond donors (Lipinski definition) is 1. The van der Waals surface area contributed by atoms with Crippen molar-refractivity contribution in [2.45, 2.75) is 44.8 Å². The minimum atomic E-state index is 0.745. The number of hydrogen-bond acceptors (Lipinski definition) is 4. The quantitative estimate of drug-likeness (QED) is 0.835. The molecule has 1 saturated heterocycles. The van der Waals surface area contributed by atoms with Gasteiger partial charge in [-0.2, -0.15) is 0 Å². The minimum absolute atomic E-state index is 0.745. The van der Waals surface area contributed by atoms with Gasteiger partial charge in [0.1, 0.15) is 11.5 Å². The Kier molecular flexibility index (Phi) is 4.99. The van der Waals surface area contributed by atoms with Gasteiger partial charge in [0.15, 0.2) is 0 Å². The molecule has 0 unspecified atom stereocenters. The summed E-state index contributed by atoms with van der Waals surface area (Å²) in [6.07, 6.45) is 5.29. The fourth-order valence-corrected chi connectivity index (χ4v) is 3.20. The molecule has 2 aliphatic rings. The molecule has 4 nitrogen and oxygen atoms in total. The average molecular weight is 291 g/mol. The maximum atomic E-state index is 5.94. The van der Waals surface area contributed by atoms with Crippen LogP contribution in [-0.4, -0.2) is 49.6 Å². The van der Waals surface area contributed by atoms with E-state index in [1.165, 1.54) is 45.3 Å². The minimum Gasteiger partial charge on any atom is -0.463 e. The summed E-state index contributed by atoms with van der Waals surface area (Å²) in [6.45, 7) is 5.49. The molecule has 3 rings (SSSR count). The molecule has 2 heterocycles. The SMILES string of the molecule is CN(C)CC1CCN(Cc2ccc(CNC3CC3)o2)CC1. The third-order valence-corrected chi connectivity index (χ3v) is 4.57. The van der Waals surface area contributed by atoms with Crippen molar-refractivity contribution in [1.82, 2.24) is 15.1 Å². The molecule has 118 valence electrons. The monoisotopic (exact) mass is 291 g/mol. The summed E-state index contributed by atoms with van der Waals surface area (Å²) in [4.78, 5) is 4.84. The summed E-state index contributed by atoms with van der Waals surface area (Å²) in [6, 6.07) is 5.02. The van der Waals surface area contributed by atoms with Crippen molar-refractivity contribution < 1.29 is 4.42 Å². The highest BCUT2D eigenvalue weighted by Gasteiger charge is 2.22. The lowest BCUT2D eigenvalue weighted by Gasteiger charge is -2.32. The zero-order valence-corrected chi connectivity index (χ0v) is 13.5. The Bertz CT molecular complexity index is 431. The maximum Gasteiger partial charge on any atom is 0.118 e. The summed E-state index contributed by atoms with van der Waals surface area (Å²) >= 11 is 0. The Labute approximate surface area is 128 Å². The van der Waals surface area contributed by atoms with Gasteiger partial charge in [0.05, 0.1) is 13.1 Å². The molecule has 2 fully saturated rings. The van der Waals surface area contributed by atoms with E-state index >= 15 is 0 Å². The number of nitrogens with zero attached hydrogens (tertiary/aromatic N) is 2. The van der Waals surface area contributed by atoms with Gasteiger partial charge in [0, 0.05) is 12.6 Å². The highest BCUT2D eigenvalue weighted by atomic mass is 16.3. The zero-order chi connectivity index (χ0) is 14.7. The van der Waals surface area contributed by atoms with Gasteiger partial charge in [-0.3, -0.25) is 4.90 Å². The van der Waals surface area contributed by atoms with E-state index < -0.39 is 0 Å². The van der Waals surface area contributed by atoms with E-state index in [4.69, 9.17) is 4.42 Å². The summed E-state index contributed by atoms with van der Waals surface area (Å²) < 4.78 is 5.94. The van der Waals surface area contributed by atoms with Crippen molar-refractivity contribution in [3.63, 3.8) is 0 Å². The third-order valence-electron chi connectivity index (χ3n) is 4.57. The van der Waals surface area contributed by atoms with Crippen LogP contribution in [0.5, 0.6) is 0 Å². The summed E-state index contributed by atoms with van der Waals surface area (Å²) in [5.74, 6) is 3.07. The normalized spacial score (nSPS) is 21.3. The molecule has 0 spiro atoms. The second kappa shape index (κ2) is 6.95. The van der Waals surface area contributed by atoms with E-state index in [2.05, 4.69) is 41.3 Å². The number of piperidine rings is 1. The summed E-state index contributed by atoms with van der Waals surface area (Å²) in [7, 11) is 4.35. The van der Waals surface area contributed by atoms with Crippen molar-refractivity contribution >= 4 is 0 Å². The molecule has 4 heteroatoms. The number of likely N-dealkylation sites (tertiary alicyclic amines) is 1. The summed E-state index contributed by atoms with van der Waals surface area (Å²) in [5, 5.41) is 3.50. The molecule has 0 aromatic carbocycles. The Hall–Kier alpha value is -0.840. The van der Waals surface area contributed by atoms with Crippen molar-refractivity contribution in [3.8, 4) is 0 Å². The molecular weight excluding hydrogens is 262 g/mol. The van der Waals surface area contributed by atoms with Crippen LogP contribution < -0.4 is 5.32 Å². The molecule has 1 aromatic rings. The van der Waals surface area contributed by atoms with Crippen LogP contribution in [0.3, 0.4) is 0 Å². The highest BCUT2D eigenvalue weighted by Crippen LogP contribution is 2.21. The molecule has 0 atom stereocenters. The average Bonchev–Trinajstić information content (AvgIpc) is 3.18. The van der Waals surface area contributed by atoms with E-state index in [0.29, 0.717) is 0 Å². The Morgan fingerprint density at radius 3 is 2.52 bits per heavy atom. The lowest BCUT2D eigenvalue weighted by Crippen LogP contribution is -2.36. The van der Waals surface area contributed by atoms with E-state index in [0.717, 1.165) is 36.6 Å². The van der Waals surface area contributed by atoms with Crippen LogP contribution in [0, 0.1) is 5.92 Å². The molecule has 0 amide bonds. The van der Waals surface area contributed by atoms with Crippen LogP contribution in [0.2, 0.25) is 0 Å². The van der Waals surface area contributed by atoms with Crippen LogP contribution >= 0.6 is 0 Å². The van der Waals surface area contributed by atoms with E-state index in [9.17, 15) is 0 Å². The highest BCUT2D eigenvalue weighted by molar-refractivity contribution is 5.07. The van der Waals surface area contributed by atoms with Gasteiger partial charge in [-0.25, -0.2) is 0 Å². The van der Waals surface area contributed by atoms with Crippen molar-refractivity contribution in [1.29, 1.82) is 0 Å². The first-order chi connectivity index (χ1) is 10.2. The molecule has 0 bridgehead atoms. The Morgan fingerprint density at radius 1 is 1.14 bits per heavy atom. The first-order valence-corrected chi connectivity index (χ1v) is 8.37. The van der Waals surface area contributed by atoms with Crippen LogP contribution in [0.1, 0.15) is 37.2 Å². The largest absolute Gasteiger partial charge is 0.463 e. The zero-order valence-electron chi connectivity index (χ0n) is 13.5. The number of nitrogens with one attached hydrogen (secondary N) is 1. The maximum absolute atomic E-state index is 5.94. The van der Waals surface area contributed by atoms with Gasteiger partial charge in [-0.15, -0.1) is 0 Å². The molecule has 1 aliphatic heterocycles. The van der Waals surface area contributed by atoms with Gasteiger partial charge < -0.3 is 14.6 Å². The molecule has 1 aromatic heterocycles.